The van der Waals surface area contributed by atoms with Crippen molar-refractivity contribution < 1.29 is 13.5 Å². The van der Waals surface area contributed by atoms with E-state index in [-0.39, 0.29) is 24.2 Å². The zero-order valence-corrected chi connectivity index (χ0v) is 12.7. The molecule has 1 saturated heterocycles. The summed E-state index contributed by atoms with van der Waals surface area (Å²) in [5.74, 6) is 1.12. The topological polar surface area (TPSA) is 70.5 Å². The van der Waals surface area contributed by atoms with E-state index in [0.717, 1.165) is 22.2 Å². The first kappa shape index (κ1) is 14.3. The molecule has 1 atom stereocenters. The number of hydrogen-bond donors (Lipinski definition) is 1. The number of pyridine rings is 1. The third-order valence-corrected chi connectivity index (χ3v) is 5.76. The lowest BCUT2D eigenvalue weighted by atomic mass is 10.1. The average Bonchev–Trinajstić information content (AvgIpc) is 2.46. The van der Waals surface area contributed by atoms with Crippen LogP contribution < -0.4 is 4.90 Å². The largest absolute Gasteiger partial charge is 0.392 e. The summed E-state index contributed by atoms with van der Waals surface area (Å²) >= 11 is 0. The Bertz CT molecular complexity index is 774. The van der Waals surface area contributed by atoms with Crippen LogP contribution in [0, 0.1) is 0 Å². The Kier molecular flexibility index (Phi) is 3.59. The molecule has 1 fully saturated rings. The minimum absolute atomic E-state index is 0.0578. The molecule has 0 bridgehead atoms. The van der Waals surface area contributed by atoms with Crippen molar-refractivity contribution in [3.8, 4) is 0 Å². The van der Waals surface area contributed by atoms with Crippen molar-refractivity contribution >= 4 is 26.4 Å². The van der Waals surface area contributed by atoms with Gasteiger partial charge in [-0.1, -0.05) is 24.3 Å². The number of hydrogen-bond acceptors (Lipinski definition) is 5. The number of benzene rings is 1. The van der Waals surface area contributed by atoms with Gasteiger partial charge in [0.2, 0.25) is 0 Å². The van der Waals surface area contributed by atoms with Gasteiger partial charge >= 0.3 is 0 Å². The Morgan fingerprint density at radius 1 is 1.33 bits per heavy atom. The number of sulfone groups is 1. The van der Waals surface area contributed by atoms with Crippen LogP contribution in [0.3, 0.4) is 0 Å². The van der Waals surface area contributed by atoms with Crippen LogP contribution in [0.2, 0.25) is 0 Å². The van der Waals surface area contributed by atoms with Crippen LogP contribution >= 0.6 is 0 Å². The highest BCUT2D eigenvalue weighted by molar-refractivity contribution is 7.91. The van der Waals surface area contributed by atoms with Gasteiger partial charge in [0.15, 0.2) is 9.84 Å². The summed E-state index contributed by atoms with van der Waals surface area (Å²) in [7, 11) is -2.95. The van der Waals surface area contributed by atoms with Gasteiger partial charge in [-0.25, -0.2) is 13.4 Å². The molecule has 6 heteroatoms. The van der Waals surface area contributed by atoms with Crippen molar-refractivity contribution in [3.63, 3.8) is 0 Å². The van der Waals surface area contributed by atoms with Gasteiger partial charge in [-0.2, -0.15) is 0 Å². The van der Waals surface area contributed by atoms with E-state index in [4.69, 9.17) is 0 Å². The first-order valence-electron chi connectivity index (χ1n) is 6.96. The molecule has 3 rings (SSSR count). The molecule has 0 spiro atoms. The van der Waals surface area contributed by atoms with Crippen LogP contribution in [-0.4, -0.2) is 42.6 Å². The second-order valence-electron chi connectivity index (χ2n) is 5.47. The standard InChI is InChI=1S/C15H18N2O3S/c1-11-10-21(19,20)7-6-17(11)15-14-5-3-2-4-13(14)12(9-18)8-16-15/h2-5,8,11,18H,6-7,9-10H2,1H3. The fourth-order valence-electron chi connectivity index (χ4n) is 2.90. The molecule has 1 aromatic carbocycles. The first-order valence-corrected chi connectivity index (χ1v) is 8.78. The maximum atomic E-state index is 11.7. The lowest BCUT2D eigenvalue weighted by molar-refractivity contribution is 0.283. The molecule has 21 heavy (non-hydrogen) atoms. The number of nitrogens with zero attached hydrogens (tertiary/aromatic N) is 2. The molecule has 2 aromatic rings. The van der Waals surface area contributed by atoms with E-state index < -0.39 is 9.84 Å². The summed E-state index contributed by atoms with van der Waals surface area (Å²) < 4.78 is 23.4. The summed E-state index contributed by atoms with van der Waals surface area (Å²) in [6, 6.07) is 7.68. The van der Waals surface area contributed by atoms with Crippen molar-refractivity contribution in [1.29, 1.82) is 0 Å². The molecular formula is C15H18N2O3S. The molecule has 0 radical (unpaired) electrons. The summed E-state index contributed by atoms with van der Waals surface area (Å²) in [6.07, 6.45) is 1.67. The minimum atomic E-state index is -2.95. The zero-order valence-electron chi connectivity index (χ0n) is 11.9. The predicted molar refractivity (Wildman–Crippen MR) is 83.1 cm³/mol. The number of anilines is 1. The lowest BCUT2D eigenvalue weighted by Gasteiger charge is -2.35. The second-order valence-corrected chi connectivity index (χ2v) is 7.70. The Balaban J connectivity index is 2.09. The minimum Gasteiger partial charge on any atom is -0.392 e. The lowest BCUT2D eigenvalue weighted by Crippen LogP contribution is -2.47. The van der Waals surface area contributed by atoms with Crippen molar-refractivity contribution in [2.45, 2.75) is 19.6 Å². The number of fused-ring (bicyclic) bond motifs is 1. The van der Waals surface area contributed by atoms with Crippen LogP contribution in [0.4, 0.5) is 5.82 Å². The van der Waals surface area contributed by atoms with Gasteiger partial charge in [-0.05, 0) is 12.3 Å². The zero-order chi connectivity index (χ0) is 15.0. The monoisotopic (exact) mass is 306 g/mol. The van der Waals surface area contributed by atoms with Gasteiger partial charge in [0.1, 0.15) is 5.82 Å². The molecular weight excluding hydrogens is 288 g/mol. The number of rotatable bonds is 2. The van der Waals surface area contributed by atoms with Crippen LogP contribution in [0.1, 0.15) is 12.5 Å². The Morgan fingerprint density at radius 2 is 2.05 bits per heavy atom. The normalized spacial score (nSPS) is 21.6. The molecule has 5 nitrogen and oxygen atoms in total. The van der Waals surface area contributed by atoms with E-state index >= 15 is 0 Å². The molecule has 1 aliphatic heterocycles. The van der Waals surface area contributed by atoms with Gasteiger partial charge in [-0.15, -0.1) is 0 Å². The summed E-state index contributed by atoms with van der Waals surface area (Å²) in [5.41, 5.74) is 0.784. The maximum Gasteiger partial charge on any atom is 0.154 e. The molecule has 112 valence electrons. The number of aliphatic hydroxyl groups excluding tert-OH is 1. The van der Waals surface area contributed by atoms with E-state index in [1.807, 2.05) is 36.1 Å². The maximum absolute atomic E-state index is 11.7. The molecule has 1 N–H and O–H groups in total. The molecule has 2 heterocycles. The van der Waals surface area contributed by atoms with E-state index in [9.17, 15) is 13.5 Å². The molecule has 0 saturated carbocycles. The fraction of sp³-hybridized carbons (Fsp3) is 0.400. The molecule has 0 aliphatic carbocycles. The van der Waals surface area contributed by atoms with Crippen molar-refractivity contribution in [2.75, 3.05) is 23.0 Å². The fourth-order valence-corrected chi connectivity index (χ4v) is 4.46. The summed E-state index contributed by atoms with van der Waals surface area (Å²) in [5, 5.41) is 11.3. The van der Waals surface area contributed by atoms with Crippen LogP contribution in [-0.2, 0) is 16.4 Å². The number of aromatic nitrogens is 1. The van der Waals surface area contributed by atoms with Crippen LogP contribution in [0.15, 0.2) is 30.5 Å². The summed E-state index contributed by atoms with van der Waals surface area (Å²) in [6.45, 7) is 2.31. The van der Waals surface area contributed by atoms with Crippen molar-refractivity contribution in [1.82, 2.24) is 4.98 Å². The van der Waals surface area contributed by atoms with Crippen LogP contribution in [0.5, 0.6) is 0 Å². The Morgan fingerprint density at radius 3 is 2.71 bits per heavy atom. The molecule has 0 amide bonds. The van der Waals surface area contributed by atoms with Gasteiger partial charge in [0.05, 0.1) is 18.1 Å². The van der Waals surface area contributed by atoms with E-state index in [0.29, 0.717) is 6.54 Å². The van der Waals surface area contributed by atoms with Crippen molar-refractivity contribution in [3.05, 3.63) is 36.0 Å². The highest BCUT2D eigenvalue weighted by atomic mass is 32.2. The Labute approximate surface area is 124 Å². The van der Waals surface area contributed by atoms with Crippen LogP contribution in [0.25, 0.3) is 10.8 Å². The Hall–Kier alpha value is -1.66. The third-order valence-electron chi connectivity index (χ3n) is 3.97. The first-order chi connectivity index (χ1) is 10.0. The van der Waals surface area contributed by atoms with Crippen molar-refractivity contribution in [2.24, 2.45) is 0 Å². The quantitative estimate of drug-likeness (QED) is 0.907. The van der Waals surface area contributed by atoms with E-state index in [1.54, 1.807) is 6.20 Å². The van der Waals surface area contributed by atoms with Gasteiger partial charge in [-0.3, -0.25) is 0 Å². The molecule has 1 aliphatic rings. The third kappa shape index (κ3) is 2.61. The average molecular weight is 306 g/mol. The highest BCUT2D eigenvalue weighted by Gasteiger charge is 2.29. The highest BCUT2D eigenvalue weighted by Crippen LogP contribution is 2.29. The van der Waals surface area contributed by atoms with E-state index in [1.165, 1.54) is 0 Å². The van der Waals surface area contributed by atoms with Gasteiger partial charge in [0, 0.05) is 29.7 Å². The second kappa shape index (κ2) is 5.27. The molecule has 1 aromatic heterocycles. The predicted octanol–water partition coefficient (Wildman–Crippen LogP) is 1.35. The number of aliphatic hydroxyl groups is 1. The SMILES string of the molecule is CC1CS(=O)(=O)CCN1c1ncc(CO)c2ccccc12. The van der Waals surface area contributed by atoms with E-state index in [2.05, 4.69) is 4.98 Å². The van der Waals surface area contributed by atoms with Gasteiger partial charge in [0.25, 0.3) is 0 Å². The smallest absolute Gasteiger partial charge is 0.154 e. The van der Waals surface area contributed by atoms with Gasteiger partial charge < -0.3 is 10.0 Å². The summed E-state index contributed by atoms with van der Waals surface area (Å²) in [4.78, 5) is 6.52. The molecule has 1 unspecified atom stereocenters.